The predicted octanol–water partition coefficient (Wildman–Crippen LogP) is 1.97. The highest BCUT2D eigenvalue weighted by atomic mass is 32.2. The molecule has 0 aromatic heterocycles. The lowest BCUT2D eigenvalue weighted by Gasteiger charge is -2.31. The first-order chi connectivity index (χ1) is 12.1. The lowest BCUT2D eigenvalue weighted by Crippen LogP contribution is -2.39. The molecule has 3 rings (SSSR count). The molecule has 5 nitrogen and oxygen atoms in total. The minimum Gasteiger partial charge on any atom is -0.342 e. The summed E-state index contributed by atoms with van der Waals surface area (Å²) < 4.78 is 0. The second kappa shape index (κ2) is 9.26. The average molecular weight is 368 g/mol. The third-order valence-electron chi connectivity index (χ3n) is 6.34. The number of hydrogen-bond acceptors (Lipinski definition) is 4. The van der Waals surface area contributed by atoms with Gasteiger partial charge in [0.2, 0.25) is 11.8 Å². The van der Waals surface area contributed by atoms with Gasteiger partial charge in [-0.05, 0) is 50.6 Å². The van der Waals surface area contributed by atoms with Gasteiger partial charge < -0.3 is 15.1 Å². The minimum absolute atomic E-state index is 0.182. The van der Waals surface area contributed by atoms with Crippen LogP contribution in [0, 0.1) is 11.8 Å². The van der Waals surface area contributed by atoms with Gasteiger partial charge in [0, 0.05) is 26.2 Å². The van der Waals surface area contributed by atoms with E-state index >= 15 is 0 Å². The average Bonchev–Trinajstić information content (AvgIpc) is 2.99. The Hall–Kier alpha value is -0.750. The monoisotopic (exact) mass is 367 g/mol. The Balaban J connectivity index is 1.36. The molecule has 2 saturated heterocycles. The molecule has 1 aliphatic carbocycles. The third kappa shape index (κ3) is 5.13. The summed E-state index contributed by atoms with van der Waals surface area (Å²) in [6.45, 7) is 4.00. The molecule has 1 N–H and O–H groups in total. The van der Waals surface area contributed by atoms with Crippen LogP contribution < -0.4 is 5.32 Å². The van der Waals surface area contributed by atoms with E-state index in [4.69, 9.17) is 0 Å². The number of fused-ring (bicyclic) bond motifs is 1. The van der Waals surface area contributed by atoms with Crippen molar-refractivity contribution >= 4 is 23.6 Å². The van der Waals surface area contributed by atoms with Gasteiger partial charge in [-0.2, -0.15) is 0 Å². The summed E-state index contributed by atoms with van der Waals surface area (Å²) in [4.78, 5) is 28.8. The summed E-state index contributed by atoms with van der Waals surface area (Å²) in [7, 11) is 1.93. The molecule has 2 atom stereocenters. The van der Waals surface area contributed by atoms with Crippen molar-refractivity contribution in [2.75, 3.05) is 44.7 Å². The molecule has 0 aromatic carbocycles. The molecule has 0 unspecified atom stereocenters. The minimum atomic E-state index is 0.182. The van der Waals surface area contributed by atoms with E-state index in [0.717, 1.165) is 63.7 Å². The van der Waals surface area contributed by atoms with Crippen LogP contribution in [0.2, 0.25) is 0 Å². The maximum absolute atomic E-state index is 12.5. The van der Waals surface area contributed by atoms with Gasteiger partial charge in [-0.1, -0.05) is 19.3 Å². The van der Waals surface area contributed by atoms with E-state index in [9.17, 15) is 9.59 Å². The Morgan fingerprint density at radius 2 is 1.64 bits per heavy atom. The molecular formula is C19H33N3O2S. The largest absolute Gasteiger partial charge is 0.342 e. The molecule has 1 saturated carbocycles. The van der Waals surface area contributed by atoms with Crippen LogP contribution in [-0.4, -0.2) is 72.4 Å². The quantitative estimate of drug-likeness (QED) is 0.807. The fourth-order valence-electron chi connectivity index (χ4n) is 4.56. The van der Waals surface area contributed by atoms with Crippen molar-refractivity contribution in [2.45, 2.75) is 51.0 Å². The number of rotatable bonds is 5. The van der Waals surface area contributed by atoms with Crippen LogP contribution in [0.25, 0.3) is 0 Å². The number of carbonyl (C=O) groups is 2. The fraction of sp³-hybridized carbons (Fsp3) is 0.895. The molecule has 0 bridgehead atoms. The summed E-state index contributed by atoms with van der Waals surface area (Å²) in [5.41, 5.74) is 0. The molecule has 2 amide bonds. The lowest BCUT2D eigenvalue weighted by molar-refractivity contribution is -0.129. The third-order valence-corrected chi connectivity index (χ3v) is 7.24. The highest BCUT2D eigenvalue weighted by Crippen LogP contribution is 2.27. The van der Waals surface area contributed by atoms with Gasteiger partial charge >= 0.3 is 0 Å². The summed E-state index contributed by atoms with van der Waals surface area (Å²) in [5.74, 6) is 2.76. The standard InChI is InChI=1S/C19H33N3O2S/c1-21(17-5-3-2-4-6-17)18(23)13-25-14-19(24)22-9-7-15-11-20-12-16(15)8-10-22/h15-17,20H,2-14H2,1H3/t15-,16+. The molecular weight excluding hydrogens is 334 g/mol. The van der Waals surface area contributed by atoms with Crippen LogP contribution in [0.4, 0.5) is 0 Å². The Bertz CT molecular complexity index is 454. The Morgan fingerprint density at radius 1 is 1.00 bits per heavy atom. The summed E-state index contributed by atoms with van der Waals surface area (Å²) in [5, 5.41) is 3.47. The first-order valence-electron chi connectivity index (χ1n) is 9.97. The van der Waals surface area contributed by atoms with Crippen LogP contribution >= 0.6 is 11.8 Å². The number of hydrogen-bond donors (Lipinski definition) is 1. The Morgan fingerprint density at radius 3 is 2.28 bits per heavy atom. The summed E-state index contributed by atoms with van der Waals surface area (Å²) >= 11 is 1.49. The first-order valence-corrected chi connectivity index (χ1v) is 11.1. The second-order valence-corrected chi connectivity index (χ2v) is 8.91. The predicted molar refractivity (Wildman–Crippen MR) is 103 cm³/mol. The smallest absolute Gasteiger partial charge is 0.232 e. The molecule has 142 valence electrons. The zero-order valence-corrected chi connectivity index (χ0v) is 16.4. The van der Waals surface area contributed by atoms with Crippen molar-refractivity contribution < 1.29 is 9.59 Å². The zero-order valence-electron chi connectivity index (χ0n) is 15.5. The molecule has 0 aromatic rings. The highest BCUT2D eigenvalue weighted by Gasteiger charge is 2.31. The molecule has 0 spiro atoms. The van der Waals surface area contributed by atoms with Crippen molar-refractivity contribution in [3.05, 3.63) is 0 Å². The van der Waals surface area contributed by atoms with E-state index in [1.54, 1.807) is 0 Å². The van der Waals surface area contributed by atoms with Gasteiger partial charge in [-0.15, -0.1) is 11.8 Å². The lowest BCUT2D eigenvalue weighted by atomic mass is 9.92. The van der Waals surface area contributed by atoms with Gasteiger partial charge in [-0.3, -0.25) is 9.59 Å². The number of amides is 2. The SMILES string of the molecule is CN(C(=O)CSCC(=O)N1CC[C@@H]2CNC[C@@H]2CC1)C1CCCCC1. The van der Waals surface area contributed by atoms with E-state index in [0.29, 0.717) is 17.5 Å². The van der Waals surface area contributed by atoms with Crippen LogP contribution in [0.1, 0.15) is 44.9 Å². The van der Waals surface area contributed by atoms with Gasteiger partial charge in [0.1, 0.15) is 0 Å². The molecule has 2 aliphatic heterocycles. The van der Waals surface area contributed by atoms with Crippen molar-refractivity contribution in [1.82, 2.24) is 15.1 Å². The highest BCUT2D eigenvalue weighted by molar-refractivity contribution is 8.00. The summed E-state index contributed by atoms with van der Waals surface area (Å²) in [6, 6.07) is 0.413. The normalized spacial score (nSPS) is 27.6. The van der Waals surface area contributed by atoms with Gasteiger partial charge in [0.15, 0.2) is 0 Å². The topological polar surface area (TPSA) is 52.7 Å². The van der Waals surface area contributed by atoms with Gasteiger partial charge in [0.05, 0.1) is 11.5 Å². The molecule has 6 heteroatoms. The molecule has 25 heavy (non-hydrogen) atoms. The number of thioether (sulfide) groups is 1. The Kier molecular flexibility index (Phi) is 7.05. The summed E-state index contributed by atoms with van der Waals surface area (Å²) in [6.07, 6.45) is 8.29. The Labute approximate surface area is 156 Å². The van der Waals surface area contributed by atoms with E-state index < -0.39 is 0 Å². The zero-order chi connectivity index (χ0) is 17.6. The number of nitrogens with one attached hydrogen (secondary N) is 1. The van der Waals surface area contributed by atoms with E-state index in [2.05, 4.69) is 5.32 Å². The molecule has 2 heterocycles. The fourth-order valence-corrected chi connectivity index (χ4v) is 5.40. The van der Waals surface area contributed by atoms with Crippen LogP contribution in [0.15, 0.2) is 0 Å². The maximum atomic E-state index is 12.5. The maximum Gasteiger partial charge on any atom is 0.232 e. The van der Waals surface area contributed by atoms with Crippen molar-refractivity contribution in [3.8, 4) is 0 Å². The van der Waals surface area contributed by atoms with Crippen LogP contribution in [0.5, 0.6) is 0 Å². The van der Waals surface area contributed by atoms with Gasteiger partial charge in [-0.25, -0.2) is 0 Å². The van der Waals surface area contributed by atoms with Crippen LogP contribution in [-0.2, 0) is 9.59 Å². The van der Waals surface area contributed by atoms with Crippen molar-refractivity contribution in [2.24, 2.45) is 11.8 Å². The molecule has 3 fully saturated rings. The molecule has 0 radical (unpaired) electrons. The van der Waals surface area contributed by atoms with E-state index in [1.165, 1.54) is 31.0 Å². The first kappa shape index (κ1) is 19.0. The van der Waals surface area contributed by atoms with Crippen LogP contribution in [0.3, 0.4) is 0 Å². The second-order valence-electron chi connectivity index (χ2n) is 7.93. The van der Waals surface area contributed by atoms with E-state index in [1.807, 2.05) is 16.8 Å². The van der Waals surface area contributed by atoms with Crippen molar-refractivity contribution in [1.29, 1.82) is 0 Å². The van der Waals surface area contributed by atoms with Crippen molar-refractivity contribution in [3.63, 3.8) is 0 Å². The number of likely N-dealkylation sites (tertiary alicyclic amines) is 1. The molecule has 3 aliphatic rings. The van der Waals surface area contributed by atoms with E-state index in [-0.39, 0.29) is 11.8 Å². The number of nitrogens with zero attached hydrogens (tertiary/aromatic N) is 2. The van der Waals surface area contributed by atoms with Gasteiger partial charge in [0.25, 0.3) is 0 Å². The number of carbonyl (C=O) groups excluding carboxylic acids is 2.